The van der Waals surface area contributed by atoms with Crippen molar-refractivity contribution in [3.63, 3.8) is 0 Å². The van der Waals surface area contributed by atoms with Gasteiger partial charge in [-0.15, -0.1) is 0 Å². The predicted molar refractivity (Wildman–Crippen MR) is 175 cm³/mol. The number of methoxy groups -OCH3 is 1. The molecule has 0 aliphatic carbocycles. The summed E-state index contributed by atoms with van der Waals surface area (Å²) >= 11 is 0. The monoisotopic (exact) mass is 607 g/mol. The molecule has 1 atom stereocenters. The third-order valence-electron chi connectivity index (χ3n) is 8.81. The van der Waals surface area contributed by atoms with Gasteiger partial charge in [0.25, 0.3) is 0 Å². The van der Waals surface area contributed by atoms with E-state index >= 15 is 0 Å². The normalized spacial score (nSPS) is 16.3. The summed E-state index contributed by atoms with van der Waals surface area (Å²) in [7, 11) is 3.68. The molecule has 1 amide bonds. The highest BCUT2D eigenvalue weighted by atomic mass is 16.5. The van der Waals surface area contributed by atoms with Gasteiger partial charge >= 0.3 is 0 Å². The van der Waals surface area contributed by atoms with E-state index in [0.717, 1.165) is 35.7 Å². The van der Waals surface area contributed by atoms with E-state index in [1.54, 1.807) is 12.0 Å². The summed E-state index contributed by atoms with van der Waals surface area (Å²) in [6, 6.07) is 17.1. The zero-order valence-electron chi connectivity index (χ0n) is 26.5. The number of amides is 1. The molecule has 1 fully saturated rings. The van der Waals surface area contributed by atoms with Crippen LogP contribution in [0.3, 0.4) is 0 Å². The van der Waals surface area contributed by atoms with Crippen LogP contribution in [0.4, 0.5) is 11.4 Å². The first-order chi connectivity index (χ1) is 21.9. The molecular formula is C35H41N7O3. The predicted octanol–water partition coefficient (Wildman–Crippen LogP) is 4.05. The summed E-state index contributed by atoms with van der Waals surface area (Å²) in [6.45, 7) is 10.9. The van der Waals surface area contributed by atoms with Crippen molar-refractivity contribution in [3.8, 4) is 18.0 Å². The molecule has 1 aromatic heterocycles. The average Bonchev–Trinajstić information content (AvgIpc) is 3.06. The number of aromatic nitrogens is 1. The van der Waals surface area contributed by atoms with E-state index in [-0.39, 0.29) is 18.4 Å². The van der Waals surface area contributed by atoms with Crippen LogP contribution in [-0.4, -0.2) is 93.4 Å². The number of fused-ring (bicyclic) bond motifs is 2. The molecule has 0 N–H and O–H groups in total. The summed E-state index contributed by atoms with van der Waals surface area (Å²) in [5, 5.41) is 22.5. The van der Waals surface area contributed by atoms with Gasteiger partial charge in [0.2, 0.25) is 11.8 Å². The molecule has 234 valence electrons. The largest absolute Gasteiger partial charge is 0.475 e. The van der Waals surface area contributed by atoms with Crippen LogP contribution in [0.5, 0.6) is 5.88 Å². The number of benzene rings is 2. The van der Waals surface area contributed by atoms with Crippen molar-refractivity contribution in [1.29, 1.82) is 10.5 Å². The minimum absolute atomic E-state index is 0.185. The molecule has 3 aromatic rings. The molecule has 0 spiro atoms. The Labute approximate surface area is 265 Å². The van der Waals surface area contributed by atoms with Crippen LogP contribution in [0, 0.1) is 29.6 Å². The first kappa shape index (κ1) is 31.8. The first-order valence-corrected chi connectivity index (χ1v) is 15.4. The van der Waals surface area contributed by atoms with Crippen LogP contribution in [0.25, 0.3) is 10.8 Å². The molecule has 45 heavy (non-hydrogen) atoms. The van der Waals surface area contributed by atoms with Gasteiger partial charge in [0, 0.05) is 63.0 Å². The molecule has 2 aliphatic rings. The number of rotatable bonds is 11. The molecule has 3 heterocycles. The fourth-order valence-corrected chi connectivity index (χ4v) is 6.47. The smallest absolute Gasteiger partial charge is 0.246 e. The molecule has 1 saturated heterocycles. The highest BCUT2D eigenvalue weighted by Gasteiger charge is 2.35. The number of hydrogen-bond acceptors (Lipinski definition) is 9. The lowest BCUT2D eigenvalue weighted by molar-refractivity contribution is -0.128. The second-order valence-electron chi connectivity index (χ2n) is 11.6. The summed E-state index contributed by atoms with van der Waals surface area (Å²) in [5.41, 5.74) is 5.51. The van der Waals surface area contributed by atoms with Gasteiger partial charge in [0.1, 0.15) is 18.2 Å². The maximum absolute atomic E-state index is 12.6. The number of carbonyl (C=O) groups is 1. The molecule has 2 aliphatic heterocycles. The number of ether oxygens (including phenoxy) is 2. The van der Waals surface area contributed by atoms with Crippen LogP contribution < -0.4 is 14.5 Å². The quantitative estimate of drug-likeness (QED) is 0.298. The van der Waals surface area contributed by atoms with Crippen LogP contribution >= 0.6 is 0 Å². The summed E-state index contributed by atoms with van der Waals surface area (Å²) in [5.74, 6) is 0.138. The van der Waals surface area contributed by atoms with Crippen molar-refractivity contribution in [2.45, 2.75) is 32.4 Å². The zero-order valence-corrected chi connectivity index (χ0v) is 26.5. The first-order valence-electron chi connectivity index (χ1n) is 15.4. The minimum Gasteiger partial charge on any atom is -0.475 e. The number of nitrogens with zero attached hydrogens (tertiary/aromatic N) is 7. The van der Waals surface area contributed by atoms with E-state index in [1.165, 1.54) is 22.4 Å². The second kappa shape index (κ2) is 14.4. The lowest BCUT2D eigenvalue weighted by Crippen LogP contribution is -2.55. The molecule has 10 nitrogen and oxygen atoms in total. The van der Waals surface area contributed by atoms with Gasteiger partial charge in [-0.2, -0.15) is 10.5 Å². The van der Waals surface area contributed by atoms with Crippen molar-refractivity contribution in [1.82, 2.24) is 14.8 Å². The van der Waals surface area contributed by atoms with Gasteiger partial charge in [-0.1, -0.05) is 36.9 Å². The fourth-order valence-electron chi connectivity index (χ4n) is 6.47. The Morgan fingerprint density at radius 1 is 1.13 bits per heavy atom. The number of hydrogen-bond donors (Lipinski definition) is 0. The zero-order chi connectivity index (χ0) is 31.9. The lowest BCUT2D eigenvalue weighted by atomic mass is 9.95. The van der Waals surface area contributed by atoms with Crippen LogP contribution in [-0.2, 0) is 22.5 Å². The van der Waals surface area contributed by atoms with Gasteiger partial charge in [0.05, 0.1) is 43.1 Å². The molecule has 2 aromatic carbocycles. The summed E-state index contributed by atoms with van der Waals surface area (Å²) in [6.07, 6.45) is 2.19. The highest BCUT2D eigenvalue weighted by Crippen LogP contribution is 2.40. The topological polar surface area (TPSA) is 109 Å². The Balaban J connectivity index is 1.53. The van der Waals surface area contributed by atoms with Crippen molar-refractivity contribution in [2.75, 3.05) is 76.4 Å². The van der Waals surface area contributed by atoms with Gasteiger partial charge in [-0.25, -0.2) is 4.98 Å². The number of piperazine rings is 1. The van der Waals surface area contributed by atoms with Crippen molar-refractivity contribution in [3.05, 3.63) is 71.4 Å². The summed E-state index contributed by atoms with van der Waals surface area (Å²) < 4.78 is 11.5. The minimum atomic E-state index is -0.317. The van der Waals surface area contributed by atoms with E-state index < -0.39 is 0 Å². The number of likely N-dealkylation sites (N-methyl/N-ethyl adjacent to an activating group) is 1. The van der Waals surface area contributed by atoms with Crippen LogP contribution in [0.1, 0.15) is 28.8 Å². The Bertz CT molecular complexity index is 1640. The number of anilines is 2. The Morgan fingerprint density at radius 3 is 2.64 bits per heavy atom. The van der Waals surface area contributed by atoms with E-state index in [1.807, 2.05) is 7.05 Å². The Hall–Kier alpha value is -4.64. The van der Waals surface area contributed by atoms with Gasteiger partial charge < -0.3 is 29.1 Å². The third-order valence-corrected chi connectivity index (χ3v) is 8.81. The Morgan fingerprint density at radius 2 is 1.91 bits per heavy atom. The van der Waals surface area contributed by atoms with E-state index in [0.29, 0.717) is 63.8 Å². The van der Waals surface area contributed by atoms with Gasteiger partial charge in [-0.3, -0.25) is 4.79 Å². The Kier molecular flexibility index (Phi) is 10.2. The third kappa shape index (κ3) is 6.73. The SMILES string of the molecule is C=CC(=O)N1CCN(c2c(C#N)c(OCCN(C)CCOC)nc3c2CCN(c2cccc4cccc(C)c24)C3)C[C@@H]1CC#N. The highest BCUT2D eigenvalue weighted by molar-refractivity contribution is 5.97. The molecule has 0 saturated carbocycles. The molecule has 5 rings (SSSR count). The van der Waals surface area contributed by atoms with E-state index in [9.17, 15) is 15.3 Å². The molecular weight excluding hydrogens is 566 g/mol. The number of pyridine rings is 1. The van der Waals surface area contributed by atoms with Crippen LogP contribution in [0.2, 0.25) is 0 Å². The van der Waals surface area contributed by atoms with E-state index in [2.05, 4.69) is 76.7 Å². The fraction of sp³-hybridized carbons (Fsp3) is 0.429. The lowest BCUT2D eigenvalue weighted by Gasteiger charge is -2.43. The van der Waals surface area contributed by atoms with Crippen molar-refractivity contribution >= 4 is 28.1 Å². The number of nitriles is 2. The molecule has 10 heteroatoms. The van der Waals surface area contributed by atoms with Gasteiger partial charge in [-0.05, 0) is 43.5 Å². The molecule has 0 radical (unpaired) electrons. The summed E-state index contributed by atoms with van der Waals surface area (Å²) in [4.78, 5) is 26.0. The maximum atomic E-state index is 12.6. The standard InChI is InChI=1S/C35H41N7O3/c1-5-32(43)42-17-16-41(23-27(42)12-14-36)34-28-13-15-40(31-11-7-10-26-9-6-8-25(2)33(26)31)24-30(28)38-35(29(34)22-37)45-21-19-39(3)18-20-44-4/h5-11,27H,1,12-13,15-21,23-24H2,2-4H3/t27-/m0/s1. The van der Waals surface area contributed by atoms with Crippen LogP contribution in [0.15, 0.2) is 49.1 Å². The van der Waals surface area contributed by atoms with Gasteiger partial charge in [0.15, 0.2) is 0 Å². The van der Waals surface area contributed by atoms with Crippen molar-refractivity contribution in [2.24, 2.45) is 0 Å². The maximum Gasteiger partial charge on any atom is 0.246 e. The second-order valence-corrected chi connectivity index (χ2v) is 11.6. The number of carbonyl (C=O) groups excluding carboxylic acids is 1. The molecule has 0 unspecified atom stereocenters. The van der Waals surface area contributed by atoms with E-state index in [4.69, 9.17) is 14.5 Å². The molecule has 0 bridgehead atoms. The number of aryl methyl sites for hydroxylation is 1. The average molecular weight is 608 g/mol. The van der Waals surface area contributed by atoms with Crippen molar-refractivity contribution < 1.29 is 14.3 Å².